The van der Waals surface area contributed by atoms with Gasteiger partial charge in [0, 0.05) is 43.8 Å². The van der Waals surface area contributed by atoms with E-state index in [2.05, 4.69) is 59.7 Å². The Balaban J connectivity index is 1.42. The Kier molecular flexibility index (Phi) is 5.63. The zero-order valence-corrected chi connectivity index (χ0v) is 20.5. The number of fused-ring (bicyclic) bond motifs is 3. The van der Waals surface area contributed by atoms with Gasteiger partial charge in [0.15, 0.2) is 0 Å². The normalized spacial score (nSPS) is 16.7. The van der Waals surface area contributed by atoms with E-state index in [9.17, 15) is 4.79 Å². The average Bonchev–Trinajstić information content (AvgIpc) is 3.43. The molecule has 180 valence electrons. The summed E-state index contributed by atoms with van der Waals surface area (Å²) >= 11 is 0. The number of hydrogen-bond donors (Lipinski definition) is 1. The molecule has 5 heterocycles. The fourth-order valence-electron chi connectivity index (χ4n) is 4.40. The van der Waals surface area contributed by atoms with E-state index in [1.165, 1.54) is 0 Å². The number of nitrogens with one attached hydrogen (secondary N) is 1. The highest BCUT2D eigenvalue weighted by Crippen LogP contribution is 2.33. The second-order valence-electron chi connectivity index (χ2n) is 10.2. The highest BCUT2D eigenvalue weighted by atomic mass is 16.5. The quantitative estimate of drug-likeness (QED) is 0.635. The molecule has 0 saturated carbocycles. The Labute approximate surface area is 199 Å². The summed E-state index contributed by atoms with van der Waals surface area (Å²) in [6, 6.07) is 1.80. The Hall–Kier alpha value is -3.27. The van der Waals surface area contributed by atoms with Gasteiger partial charge in [-0.2, -0.15) is 5.10 Å². The Morgan fingerprint density at radius 3 is 2.56 bits per heavy atom. The van der Waals surface area contributed by atoms with Crippen molar-refractivity contribution in [1.29, 1.82) is 0 Å². The summed E-state index contributed by atoms with van der Waals surface area (Å²) in [5.74, 6) is 2.94. The summed E-state index contributed by atoms with van der Waals surface area (Å²) < 4.78 is 7.94. The van der Waals surface area contributed by atoms with Crippen LogP contribution in [0.25, 0.3) is 22.9 Å². The van der Waals surface area contributed by atoms with Gasteiger partial charge in [0.2, 0.25) is 5.82 Å². The third-order valence-corrected chi connectivity index (χ3v) is 6.49. The first-order valence-electron chi connectivity index (χ1n) is 11.9. The summed E-state index contributed by atoms with van der Waals surface area (Å²) in [5.41, 5.74) is 1.96. The van der Waals surface area contributed by atoms with Crippen LogP contribution in [0, 0.1) is 0 Å². The average molecular weight is 465 g/mol. The Morgan fingerprint density at radius 2 is 1.88 bits per heavy atom. The topological polar surface area (TPSA) is 105 Å². The maximum atomic E-state index is 13.3. The van der Waals surface area contributed by atoms with Gasteiger partial charge in [0.1, 0.15) is 35.4 Å². The molecule has 0 atom stereocenters. The molecule has 34 heavy (non-hydrogen) atoms. The second kappa shape index (κ2) is 8.50. The van der Waals surface area contributed by atoms with Crippen LogP contribution in [0.3, 0.4) is 0 Å². The summed E-state index contributed by atoms with van der Waals surface area (Å²) in [6.45, 7) is 15.0. The lowest BCUT2D eigenvalue weighted by Crippen LogP contribution is -2.54. The van der Waals surface area contributed by atoms with Gasteiger partial charge in [-0.3, -0.25) is 14.8 Å². The first-order valence-corrected chi connectivity index (χ1v) is 11.9. The van der Waals surface area contributed by atoms with Crippen LogP contribution in [0.2, 0.25) is 0 Å². The minimum atomic E-state index is -0.0607. The van der Waals surface area contributed by atoms with Crippen molar-refractivity contribution < 1.29 is 9.53 Å². The van der Waals surface area contributed by atoms with Gasteiger partial charge < -0.3 is 14.2 Å². The van der Waals surface area contributed by atoms with Gasteiger partial charge >= 0.3 is 0 Å². The van der Waals surface area contributed by atoms with Gasteiger partial charge in [-0.05, 0) is 26.8 Å². The van der Waals surface area contributed by atoms with Crippen molar-refractivity contribution in [3.8, 4) is 28.7 Å². The fraction of sp³-hybridized carbons (Fsp3) is 0.542. The van der Waals surface area contributed by atoms with Crippen molar-refractivity contribution in [2.45, 2.75) is 52.6 Å². The lowest BCUT2D eigenvalue weighted by atomic mass is 10.0. The van der Waals surface area contributed by atoms with Crippen molar-refractivity contribution in [2.24, 2.45) is 0 Å². The number of aromatic amines is 1. The number of carbonyl (C=O) groups excluding carboxylic acids is 1. The molecule has 1 fully saturated rings. The standard InChI is InChI=1S/C24H32N8O2/c1-15(2)20-27-21(29-28-20)18-14-31-10-11-34-19-13-25-17(12-16(19)22(31)26-18)23(33)30-6-8-32(9-7-30)24(3,4)5/h12-15H,6-11H2,1-5H3,(H,27,28,29). The van der Waals surface area contributed by atoms with Gasteiger partial charge in [-0.1, -0.05) is 13.8 Å². The fourth-order valence-corrected chi connectivity index (χ4v) is 4.40. The third kappa shape index (κ3) is 4.18. The van der Waals surface area contributed by atoms with Crippen LogP contribution in [0.4, 0.5) is 0 Å². The molecular formula is C24H32N8O2. The van der Waals surface area contributed by atoms with Crippen molar-refractivity contribution >= 4 is 5.91 Å². The van der Waals surface area contributed by atoms with E-state index >= 15 is 0 Å². The van der Waals surface area contributed by atoms with Gasteiger partial charge in [-0.25, -0.2) is 15.0 Å². The van der Waals surface area contributed by atoms with Crippen molar-refractivity contribution in [1.82, 2.24) is 39.5 Å². The van der Waals surface area contributed by atoms with E-state index in [0.29, 0.717) is 49.2 Å². The highest BCUT2D eigenvalue weighted by molar-refractivity contribution is 5.94. The molecule has 3 aromatic rings. The number of carbonyl (C=O) groups is 1. The Morgan fingerprint density at radius 1 is 1.12 bits per heavy atom. The molecule has 10 heteroatoms. The molecule has 0 aliphatic carbocycles. The smallest absolute Gasteiger partial charge is 0.272 e. The molecule has 2 aliphatic heterocycles. The van der Waals surface area contributed by atoms with Crippen LogP contribution in [-0.2, 0) is 6.54 Å². The maximum Gasteiger partial charge on any atom is 0.272 e. The molecule has 5 rings (SSSR count). The molecule has 2 aliphatic rings. The van der Waals surface area contributed by atoms with Crippen LogP contribution >= 0.6 is 0 Å². The van der Waals surface area contributed by atoms with E-state index in [1.807, 2.05) is 15.7 Å². The minimum Gasteiger partial charge on any atom is -0.489 e. The summed E-state index contributed by atoms with van der Waals surface area (Å²) in [6.07, 6.45) is 3.58. The number of ether oxygens (including phenoxy) is 1. The van der Waals surface area contributed by atoms with Crippen LogP contribution in [0.15, 0.2) is 18.5 Å². The zero-order valence-electron chi connectivity index (χ0n) is 20.5. The summed E-state index contributed by atoms with van der Waals surface area (Å²) in [4.78, 5) is 31.4. The molecule has 0 radical (unpaired) electrons. The SMILES string of the molecule is CC(C)c1nc(-c2cn3c(n2)-c2cc(C(=O)N4CCN(C(C)(C)C)CC4)ncc2OCC3)n[nH]1. The molecule has 3 aromatic heterocycles. The van der Waals surface area contributed by atoms with E-state index in [4.69, 9.17) is 9.72 Å². The molecule has 0 unspecified atom stereocenters. The molecule has 1 N–H and O–H groups in total. The van der Waals surface area contributed by atoms with Crippen LogP contribution in [0.5, 0.6) is 5.75 Å². The third-order valence-electron chi connectivity index (χ3n) is 6.49. The number of amides is 1. The number of aromatic nitrogens is 6. The number of imidazole rings is 1. The molecule has 10 nitrogen and oxygen atoms in total. The van der Waals surface area contributed by atoms with Gasteiger partial charge in [-0.15, -0.1) is 0 Å². The first-order chi connectivity index (χ1) is 16.2. The first kappa shape index (κ1) is 22.5. The van der Waals surface area contributed by atoms with E-state index in [0.717, 1.165) is 30.3 Å². The number of piperazine rings is 1. The monoisotopic (exact) mass is 464 g/mol. The molecular weight excluding hydrogens is 432 g/mol. The predicted molar refractivity (Wildman–Crippen MR) is 128 cm³/mol. The number of H-pyrrole nitrogens is 1. The van der Waals surface area contributed by atoms with E-state index in [1.54, 1.807) is 12.3 Å². The van der Waals surface area contributed by atoms with Crippen molar-refractivity contribution in [3.05, 3.63) is 30.0 Å². The lowest BCUT2D eigenvalue weighted by Gasteiger charge is -2.42. The van der Waals surface area contributed by atoms with E-state index in [-0.39, 0.29) is 17.4 Å². The molecule has 0 bridgehead atoms. The van der Waals surface area contributed by atoms with Crippen molar-refractivity contribution in [2.75, 3.05) is 32.8 Å². The predicted octanol–water partition coefficient (Wildman–Crippen LogP) is 2.80. The van der Waals surface area contributed by atoms with E-state index < -0.39 is 0 Å². The second-order valence-corrected chi connectivity index (χ2v) is 10.2. The van der Waals surface area contributed by atoms with Crippen LogP contribution < -0.4 is 4.74 Å². The Bertz CT molecular complexity index is 1200. The van der Waals surface area contributed by atoms with Crippen LogP contribution in [0.1, 0.15) is 56.8 Å². The zero-order chi connectivity index (χ0) is 24.0. The molecule has 0 aromatic carbocycles. The maximum absolute atomic E-state index is 13.3. The summed E-state index contributed by atoms with van der Waals surface area (Å²) in [7, 11) is 0. The lowest BCUT2D eigenvalue weighted by molar-refractivity contribution is 0.0447. The number of rotatable bonds is 3. The minimum absolute atomic E-state index is 0.0607. The molecule has 0 spiro atoms. The number of hydrogen-bond acceptors (Lipinski definition) is 7. The summed E-state index contributed by atoms with van der Waals surface area (Å²) in [5, 5.41) is 7.33. The number of pyridine rings is 1. The number of nitrogens with zero attached hydrogens (tertiary/aromatic N) is 7. The van der Waals surface area contributed by atoms with Crippen LogP contribution in [-0.4, -0.2) is 83.7 Å². The van der Waals surface area contributed by atoms with Gasteiger partial charge in [0.05, 0.1) is 18.3 Å². The van der Waals surface area contributed by atoms with Gasteiger partial charge in [0.25, 0.3) is 5.91 Å². The highest BCUT2D eigenvalue weighted by Gasteiger charge is 2.30. The molecule has 1 amide bonds. The molecule has 1 saturated heterocycles. The largest absolute Gasteiger partial charge is 0.489 e. The van der Waals surface area contributed by atoms with Crippen molar-refractivity contribution in [3.63, 3.8) is 0 Å².